The van der Waals surface area contributed by atoms with Crippen molar-refractivity contribution in [1.29, 1.82) is 0 Å². The molecule has 0 rings (SSSR count). The Bertz CT molecular complexity index is 68.9. The second-order valence-corrected chi connectivity index (χ2v) is 5.04. The summed E-state index contributed by atoms with van der Waals surface area (Å²) in [6.07, 6.45) is 2.99. The Hall–Kier alpha value is 0.700. The zero-order valence-corrected chi connectivity index (χ0v) is 8.07. The van der Waals surface area contributed by atoms with Crippen LogP contribution in [0.2, 0.25) is 0 Å². The highest BCUT2D eigenvalue weighted by Gasteiger charge is 2.06. The number of alkyl halides is 2. The van der Waals surface area contributed by atoms with Gasteiger partial charge in [-0.05, 0) is 12.3 Å². The van der Waals surface area contributed by atoms with Crippen molar-refractivity contribution in [3.8, 4) is 0 Å². The van der Waals surface area contributed by atoms with Crippen molar-refractivity contribution in [2.45, 2.75) is 17.1 Å². The van der Waals surface area contributed by atoms with Crippen LogP contribution in [0.4, 0.5) is 0 Å². The van der Waals surface area contributed by atoms with Crippen molar-refractivity contribution in [1.82, 2.24) is 0 Å². The average molecular weight is 242 g/mol. The molecule has 1 unspecified atom stereocenters. The van der Waals surface area contributed by atoms with Gasteiger partial charge < -0.3 is 0 Å². The summed E-state index contributed by atoms with van der Waals surface area (Å²) in [5.74, 6) is 0.632. The minimum Gasteiger partial charge on any atom is -0.103 e. The lowest BCUT2D eigenvalue weighted by atomic mass is 10.1. The van der Waals surface area contributed by atoms with E-state index in [0.717, 1.165) is 6.42 Å². The molecule has 0 fully saturated rings. The molecular weight excluding hydrogens is 232 g/mol. The van der Waals surface area contributed by atoms with Crippen LogP contribution in [0.25, 0.3) is 0 Å². The molecule has 0 radical (unpaired) electrons. The Balaban J connectivity index is 3.30. The van der Waals surface area contributed by atoms with E-state index in [1.54, 1.807) is 0 Å². The molecule has 0 aromatic carbocycles. The first-order valence-corrected chi connectivity index (χ1v) is 4.40. The molecule has 0 spiro atoms. The van der Waals surface area contributed by atoms with E-state index in [1.165, 1.54) is 0 Å². The number of rotatable bonds is 3. The largest absolute Gasteiger partial charge is 0.103 e. The highest BCUT2D eigenvalue weighted by molar-refractivity contribution is 9.24. The van der Waals surface area contributed by atoms with Gasteiger partial charge in [-0.3, -0.25) is 0 Å². The normalized spacial score (nSPS) is 14.0. The van der Waals surface area contributed by atoms with Crippen LogP contribution >= 0.6 is 31.9 Å². The molecule has 0 amide bonds. The van der Waals surface area contributed by atoms with E-state index in [-0.39, 0.29) is 0 Å². The molecule has 0 aromatic heterocycles. The van der Waals surface area contributed by atoms with Crippen LogP contribution in [-0.4, -0.2) is 3.74 Å². The lowest BCUT2D eigenvalue weighted by Crippen LogP contribution is -2.00. The van der Waals surface area contributed by atoms with E-state index >= 15 is 0 Å². The smallest absolute Gasteiger partial charge is 0.0726 e. The van der Waals surface area contributed by atoms with Gasteiger partial charge in [0, 0.05) is 0 Å². The Kier molecular flexibility index (Phi) is 4.97. The van der Waals surface area contributed by atoms with Gasteiger partial charge >= 0.3 is 0 Å². The van der Waals surface area contributed by atoms with Crippen molar-refractivity contribution in [2.24, 2.45) is 5.92 Å². The van der Waals surface area contributed by atoms with E-state index < -0.39 is 0 Å². The molecule has 0 bridgehead atoms. The summed E-state index contributed by atoms with van der Waals surface area (Å²) in [5.41, 5.74) is 0. The lowest BCUT2D eigenvalue weighted by Gasteiger charge is -2.07. The van der Waals surface area contributed by atoms with Crippen LogP contribution in [0.1, 0.15) is 13.3 Å². The van der Waals surface area contributed by atoms with Crippen LogP contribution in [0.15, 0.2) is 12.7 Å². The van der Waals surface area contributed by atoms with Crippen LogP contribution in [0.5, 0.6) is 0 Å². The molecule has 0 aromatic rings. The summed E-state index contributed by atoms with van der Waals surface area (Å²) < 4.78 is 0.424. The maximum atomic E-state index is 3.64. The molecule has 1 atom stereocenters. The standard InChI is InChI=1S/C6H10Br2/c1-3-4-5(2)6(7)8/h3,5-6H,1,4H2,2H3. The van der Waals surface area contributed by atoms with Crippen molar-refractivity contribution in [3.05, 3.63) is 12.7 Å². The van der Waals surface area contributed by atoms with Crippen molar-refractivity contribution in [2.75, 3.05) is 0 Å². The Morgan fingerprint density at radius 1 is 1.62 bits per heavy atom. The predicted octanol–water partition coefficient (Wildman–Crippen LogP) is 3.31. The number of allylic oxidation sites excluding steroid dienone is 1. The molecule has 0 saturated carbocycles. The minimum absolute atomic E-state index is 0.424. The van der Waals surface area contributed by atoms with Gasteiger partial charge in [0.25, 0.3) is 0 Å². The first kappa shape index (κ1) is 8.70. The van der Waals surface area contributed by atoms with Crippen LogP contribution in [0.3, 0.4) is 0 Å². The predicted molar refractivity (Wildman–Crippen MR) is 45.6 cm³/mol. The van der Waals surface area contributed by atoms with Crippen LogP contribution in [-0.2, 0) is 0 Å². The van der Waals surface area contributed by atoms with Gasteiger partial charge in [-0.2, -0.15) is 0 Å². The van der Waals surface area contributed by atoms with Gasteiger partial charge in [0.2, 0.25) is 0 Å². The fraction of sp³-hybridized carbons (Fsp3) is 0.667. The van der Waals surface area contributed by atoms with Gasteiger partial charge in [0.15, 0.2) is 0 Å². The lowest BCUT2D eigenvalue weighted by molar-refractivity contribution is 0.662. The van der Waals surface area contributed by atoms with Gasteiger partial charge in [0.05, 0.1) is 3.74 Å². The van der Waals surface area contributed by atoms with Crippen molar-refractivity contribution < 1.29 is 0 Å². The van der Waals surface area contributed by atoms with Crippen molar-refractivity contribution in [3.63, 3.8) is 0 Å². The molecule has 0 aliphatic rings. The summed E-state index contributed by atoms with van der Waals surface area (Å²) in [7, 11) is 0. The van der Waals surface area contributed by atoms with Crippen LogP contribution < -0.4 is 0 Å². The van der Waals surface area contributed by atoms with Gasteiger partial charge in [-0.1, -0.05) is 44.9 Å². The zero-order valence-electron chi connectivity index (χ0n) is 4.90. The Morgan fingerprint density at radius 3 is 2.25 bits per heavy atom. The second-order valence-electron chi connectivity index (χ2n) is 1.84. The number of halogens is 2. The van der Waals surface area contributed by atoms with E-state index in [0.29, 0.717) is 9.65 Å². The summed E-state index contributed by atoms with van der Waals surface area (Å²) >= 11 is 6.82. The maximum Gasteiger partial charge on any atom is 0.0726 e. The first-order valence-electron chi connectivity index (χ1n) is 2.57. The van der Waals surface area contributed by atoms with E-state index in [9.17, 15) is 0 Å². The molecule has 0 nitrogen and oxygen atoms in total. The number of hydrogen-bond donors (Lipinski definition) is 0. The molecule has 0 aliphatic carbocycles. The van der Waals surface area contributed by atoms with Gasteiger partial charge in [-0.15, -0.1) is 6.58 Å². The highest BCUT2D eigenvalue weighted by Crippen LogP contribution is 2.21. The fourth-order valence-corrected chi connectivity index (χ4v) is 0.797. The molecular formula is C6H10Br2. The molecule has 0 N–H and O–H groups in total. The van der Waals surface area contributed by atoms with E-state index in [1.807, 2.05) is 6.08 Å². The van der Waals surface area contributed by atoms with Gasteiger partial charge in [-0.25, -0.2) is 0 Å². The third-order valence-electron chi connectivity index (χ3n) is 0.969. The molecule has 0 aliphatic heterocycles. The monoisotopic (exact) mass is 240 g/mol. The van der Waals surface area contributed by atoms with Crippen LogP contribution in [0, 0.1) is 5.92 Å². The fourth-order valence-electron chi connectivity index (χ4n) is 0.366. The van der Waals surface area contributed by atoms with Gasteiger partial charge in [0.1, 0.15) is 0 Å². The zero-order chi connectivity index (χ0) is 6.57. The molecule has 0 saturated heterocycles. The first-order chi connectivity index (χ1) is 3.68. The van der Waals surface area contributed by atoms with E-state index in [2.05, 4.69) is 45.4 Å². The van der Waals surface area contributed by atoms with E-state index in [4.69, 9.17) is 0 Å². The second kappa shape index (κ2) is 4.57. The maximum absolute atomic E-state index is 3.64. The molecule has 2 heteroatoms. The quantitative estimate of drug-likeness (QED) is 0.526. The average Bonchev–Trinajstić information content (AvgIpc) is 1.67. The Labute approximate surface area is 67.6 Å². The third-order valence-corrected chi connectivity index (χ3v) is 2.77. The SMILES string of the molecule is C=CCC(C)C(Br)Br. The number of hydrogen-bond acceptors (Lipinski definition) is 0. The highest BCUT2D eigenvalue weighted by atomic mass is 79.9. The molecule has 8 heavy (non-hydrogen) atoms. The summed E-state index contributed by atoms with van der Waals surface area (Å²) in [6.45, 7) is 5.80. The molecule has 48 valence electrons. The summed E-state index contributed by atoms with van der Waals surface area (Å²) in [5, 5.41) is 0. The van der Waals surface area contributed by atoms with Crippen molar-refractivity contribution >= 4 is 31.9 Å². The summed E-state index contributed by atoms with van der Waals surface area (Å²) in [6, 6.07) is 0. The summed E-state index contributed by atoms with van der Waals surface area (Å²) in [4.78, 5) is 0. The minimum atomic E-state index is 0.424. The topological polar surface area (TPSA) is 0 Å². The Morgan fingerprint density at radius 2 is 2.12 bits per heavy atom. The third kappa shape index (κ3) is 3.67. The molecule has 0 heterocycles.